The minimum atomic E-state index is -3.05. The molecule has 1 atom stereocenters. The second-order valence-corrected chi connectivity index (χ2v) is 4.81. The molecule has 1 aromatic carbocycles. The maximum atomic E-state index is 12.2. The quantitative estimate of drug-likeness (QED) is 0.798. The first-order valence-corrected chi connectivity index (χ1v) is 6.59. The van der Waals surface area contributed by atoms with E-state index in [0.717, 1.165) is 0 Å². The van der Waals surface area contributed by atoms with Gasteiger partial charge in [0.05, 0.1) is 22.6 Å². The highest BCUT2D eigenvalue weighted by molar-refractivity contribution is 6.37. The monoisotopic (exact) mass is 342 g/mol. The van der Waals surface area contributed by atoms with Crippen molar-refractivity contribution in [3.8, 4) is 5.75 Å². The molecule has 0 bridgehead atoms. The molecule has 0 saturated carbocycles. The SMILES string of the molecule is COC(CN)CC(=O)Nc1cc(Cl)c(OC(F)F)c(Cl)c1. The van der Waals surface area contributed by atoms with E-state index in [1.165, 1.54) is 19.2 Å². The molecule has 21 heavy (non-hydrogen) atoms. The number of carbonyl (C=O) groups excluding carboxylic acids is 1. The number of halogens is 4. The van der Waals surface area contributed by atoms with E-state index in [-0.39, 0.29) is 40.4 Å². The summed E-state index contributed by atoms with van der Waals surface area (Å²) < 4.78 is 33.5. The lowest BCUT2D eigenvalue weighted by atomic mass is 10.2. The van der Waals surface area contributed by atoms with Crippen molar-refractivity contribution in [2.45, 2.75) is 19.1 Å². The molecule has 3 N–H and O–H groups in total. The average molecular weight is 343 g/mol. The van der Waals surface area contributed by atoms with Gasteiger partial charge in [-0.1, -0.05) is 23.2 Å². The highest BCUT2D eigenvalue weighted by Gasteiger charge is 2.16. The van der Waals surface area contributed by atoms with E-state index < -0.39 is 12.7 Å². The second-order valence-electron chi connectivity index (χ2n) is 3.99. The van der Waals surface area contributed by atoms with E-state index in [2.05, 4.69) is 10.1 Å². The zero-order chi connectivity index (χ0) is 16.0. The third kappa shape index (κ3) is 5.62. The molecule has 0 radical (unpaired) electrons. The van der Waals surface area contributed by atoms with E-state index in [1.54, 1.807) is 0 Å². The van der Waals surface area contributed by atoms with Crippen LogP contribution in [0.15, 0.2) is 12.1 Å². The summed E-state index contributed by atoms with van der Waals surface area (Å²) in [6.45, 7) is -2.86. The number of hydrogen-bond acceptors (Lipinski definition) is 4. The highest BCUT2D eigenvalue weighted by Crippen LogP contribution is 2.37. The zero-order valence-corrected chi connectivity index (χ0v) is 12.5. The van der Waals surface area contributed by atoms with E-state index in [1.807, 2.05) is 0 Å². The number of nitrogens with one attached hydrogen (secondary N) is 1. The van der Waals surface area contributed by atoms with Crippen molar-refractivity contribution in [3.63, 3.8) is 0 Å². The fraction of sp³-hybridized carbons (Fsp3) is 0.417. The Morgan fingerprint density at radius 1 is 1.38 bits per heavy atom. The largest absolute Gasteiger partial charge is 0.432 e. The number of nitrogens with two attached hydrogens (primary N) is 1. The lowest BCUT2D eigenvalue weighted by Crippen LogP contribution is -2.28. The molecule has 1 aromatic rings. The van der Waals surface area contributed by atoms with E-state index in [0.29, 0.717) is 0 Å². The van der Waals surface area contributed by atoms with Gasteiger partial charge in [-0.15, -0.1) is 0 Å². The molecule has 5 nitrogen and oxygen atoms in total. The van der Waals surface area contributed by atoms with Crippen LogP contribution >= 0.6 is 23.2 Å². The predicted octanol–water partition coefficient (Wildman–Crippen LogP) is 2.90. The number of amides is 1. The summed E-state index contributed by atoms with van der Waals surface area (Å²) in [5, 5.41) is 2.24. The smallest absolute Gasteiger partial charge is 0.387 e. The summed E-state index contributed by atoms with van der Waals surface area (Å²) in [5.74, 6) is -0.718. The Morgan fingerprint density at radius 2 is 1.95 bits per heavy atom. The van der Waals surface area contributed by atoms with Crippen molar-refractivity contribution in [1.82, 2.24) is 0 Å². The molecule has 0 aliphatic carbocycles. The molecule has 118 valence electrons. The number of anilines is 1. The zero-order valence-electron chi connectivity index (χ0n) is 11.0. The van der Waals surface area contributed by atoms with Crippen LogP contribution in [-0.4, -0.2) is 32.3 Å². The van der Waals surface area contributed by atoms with Crippen molar-refractivity contribution in [1.29, 1.82) is 0 Å². The van der Waals surface area contributed by atoms with Gasteiger partial charge in [0, 0.05) is 19.3 Å². The maximum absolute atomic E-state index is 12.2. The van der Waals surface area contributed by atoms with Gasteiger partial charge in [-0.3, -0.25) is 4.79 Å². The summed E-state index contributed by atoms with van der Waals surface area (Å²) >= 11 is 11.6. The average Bonchev–Trinajstić information content (AvgIpc) is 2.40. The molecular weight excluding hydrogens is 329 g/mol. The van der Waals surface area contributed by atoms with Gasteiger partial charge in [-0.2, -0.15) is 8.78 Å². The highest BCUT2D eigenvalue weighted by atomic mass is 35.5. The first kappa shape index (κ1) is 17.9. The molecule has 9 heteroatoms. The summed E-state index contributed by atoms with van der Waals surface area (Å²) in [5.41, 5.74) is 5.66. The van der Waals surface area contributed by atoms with Gasteiger partial charge in [-0.25, -0.2) is 0 Å². The number of benzene rings is 1. The van der Waals surface area contributed by atoms with Gasteiger partial charge < -0.3 is 20.5 Å². The fourth-order valence-electron chi connectivity index (χ4n) is 1.52. The number of ether oxygens (including phenoxy) is 2. The molecule has 0 saturated heterocycles. The van der Waals surface area contributed by atoms with Crippen LogP contribution in [-0.2, 0) is 9.53 Å². The standard InChI is InChI=1S/C12H14Cl2F2N2O3/c1-20-7(5-17)4-10(19)18-6-2-8(13)11(9(14)3-6)21-12(15)16/h2-3,7,12H,4-5,17H2,1H3,(H,18,19). The van der Waals surface area contributed by atoms with Gasteiger partial charge in [0.1, 0.15) is 0 Å². The fourth-order valence-corrected chi connectivity index (χ4v) is 2.09. The molecule has 0 spiro atoms. The number of methoxy groups -OCH3 is 1. The molecular formula is C12H14Cl2F2N2O3. The van der Waals surface area contributed by atoms with Crippen LogP contribution in [0.5, 0.6) is 5.75 Å². The number of carbonyl (C=O) groups is 1. The molecule has 0 heterocycles. The van der Waals surface area contributed by atoms with Crippen LogP contribution in [0.25, 0.3) is 0 Å². The van der Waals surface area contributed by atoms with Crippen LogP contribution in [0.3, 0.4) is 0 Å². The molecule has 0 aromatic heterocycles. The Hall–Kier alpha value is -1.15. The van der Waals surface area contributed by atoms with E-state index in [9.17, 15) is 13.6 Å². The normalized spacial score (nSPS) is 12.3. The number of alkyl halides is 2. The molecule has 0 aliphatic rings. The Bertz CT molecular complexity index is 476. The van der Waals surface area contributed by atoms with Gasteiger partial charge in [-0.05, 0) is 12.1 Å². The first-order valence-electron chi connectivity index (χ1n) is 5.84. The van der Waals surface area contributed by atoms with Gasteiger partial charge in [0.25, 0.3) is 0 Å². The Morgan fingerprint density at radius 3 is 2.38 bits per heavy atom. The summed E-state index contributed by atoms with van der Waals surface area (Å²) in [6.07, 6.45) is -0.380. The Balaban J connectivity index is 2.79. The van der Waals surface area contributed by atoms with Crippen LogP contribution in [0.2, 0.25) is 10.0 Å². The van der Waals surface area contributed by atoms with E-state index in [4.69, 9.17) is 33.7 Å². The maximum Gasteiger partial charge on any atom is 0.387 e. The van der Waals surface area contributed by atoms with Gasteiger partial charge in [0.2, 0.25) is 5.91 Å². The van der Waals surface area contributed by atoms with Crippen LogP contribution < -0.4 is 15.8 Å². The van der Waals surface area contributed by atoms with Crippen molar-refractivity contribution in [3.05, 3.63) is 22.2 Å². The van der Waals surface area contributed by atoms with Crippen LogP contribution in [0.4, 0.5) is 14.5 Å². The molecule has 1 rings (SSSR count). The number of hydrogen-bond donors (Lipinski definition) is 2. The summed E-state index contributed by atoms with van der Waals surface area (Å²) in [7, 11) is 1.44. The summed E-state index contributed by atoms with van der Waals surface area (Å²) in [6, 6.07) is 2.51. The Kier molecular flexibility index (Phi) is 7.10. The third-order valence-electron chi connectivity index (χ3n) is 2.50. The second kappa shape index (κ2) is 8.33. The lowest BCUT2D eigenvalue weighted by molar-refractivity contribution is -0.118. The first-order chi connectivity index (χ1) is 9.87. The van der Waals surface area contributed by atoms with Crippen molar-refractivity contribution in [2.24, 2.45) is 5.73 Å². The predicted molar refractivity (Wildman–Crippen MR) is 76.2 cm³/mol. The third-order valence-corrected chi connectivity index (χ3v) is 3.06. The van der Waals surface area contributed by atoms with Gasteiger partial charge >= 0.3 is 6.61 Å². The molecule has 1 unspecified atom stereocenters. The molecule has 0 aliphatic heterocycles. The van der Waals surface area contributed by atoms with Gasteiger partial charge in [0.15, 0.2) is 5.75 Å². The number of rotatable bonds is 7. The topological polar surface area (TPSA) is 73.6 Å². The lowest BCUT2D eigenvalue weighted by Gasteiger charge is -2.14. The van der Waals surface area contributed by atoms with E-state index >= 15 is 0 Å². The molecule has 0 fully saturated rings. The van der Waals surface area contributed by atoms with Crippen molar-refractivity contribution in [2.75, 3.05) is 19.0 Å². The minimum absolute atomic E-state index is 0.0392. The minimum Gasteiger partial charge on any atom is -0.432 e. The van der Waals surface area contributed by atoms with Crippen LogP contribution in [0.1, 0.15) is 6.42 Å². The van der Waals surface area contributed by atoms with Crippen LogP contribution in [0, 0.1) is 0 Å². The van der Waals surface area contributed by atoms with Crippen molar-refractivity contribution >= 4 is 34.8 Å². The summed E-state index contributed by atoms with van der Waals surface area (Å²) in [4.78, 5) is 11.7. The van der Waals surface area contributed by atoms with Crippen molar-refractivity contribution < 1.29 is 23.0 Å². The Labute approximate surface area is 130 Å². The molecule has 1 amide bonds.